The van der Waals surface area contributed by atoms with E-state index in [0.29, 0.717) is 25.9 Å². The Balaban J connectivity index is 1.56. The fraction of sp³-hybridized carbons (Fsp3) is 0.0312. The van der Waals surface area contributed by atoms with E-state index < -0.39 is 25.9 Å². The zero-order valence-electron chi connectivity index (χ0n) is 22.1. The molecule has 43 heavy (non-hydrogen) atoms. The van der Waals surface area contributed by atoms with Crippen molar-refractivity contribution in [2.75, 3.05) is 0 Å². The third-order valence-corrected chi connectivity index (χ3v) is 12.5. The molecule has 0 spiro atoms. The highest BCUT2D eigenvalue weighted by Crippen LogP contribution is 2.70. The van der Waals surface area contributed by atoms with Crippen LogP contribution in [0, 0.1) is 0 Å². The van der Waals surface area contributed by atoms with Crippen LogP contribution in [0.1, 0.15) is 15.9 Å². The van der Waals surface area contributed by atoms with Gasteiger partial charge in [0, 0.05) is 35.6 Å². The van der Waals surface area contributed by atoms with E-state index in [1.807, 2.05) is 6.07 Å². The van der Waals surface area contributed by atoms with Gasteiger partial charge in [0.05, 0.1) is 5.02 Å². The molecule has 0 aromatic heterocycles. The predicted octanol–water partition coefficient (Wildman–Crippen LogP) is 9.79. The fourth-order valence-corrected chi connectivity index (χ4v) is 10.0. The number of rotatable bonds is 9. The lowest BCUT2D eigenvalue weighted by molar-refractivity contribution is -0.0496. The zero-order valence-corrected chi connectivity index (χ0v) is 25.3. The van der Waals surface area contributed by atoms with E-state index in [4.69, 9.17) is 15.2 Å². The third kappa shape index (κ3) is 6.53. The molecular formula is C32H22ClF3O4S3. The van der Waals surface area contributed by atoms with E-state index >= 15 is 0 Å². The van der Waals surface area contributed by atoms with Crippen molar-refractivity contribution in [3.05, 3.63) is 150 Å². The first-order chi connectivity index (χ1) is 20.5. The summed E-state index contributed by atoms with van der Waals surface area (Å²) in [7, 11) is -9.41. The number of alkyl halides is 3. The molecule has 0 atom stereocenters. The molecule has 0 radical (unpaired) electrons. The Bertz CT molecular complexity index is 1800. The summed E-state index contributed by atoms with van der Waals surface area (Å²) in [6.07, 6.45) is 0. The van der Waals surface area contributed by atoms with E-state index in [1.165, 1.54) is 11.8 Å². The van der Waals surface area contributed by atoms with E-state index in [2.05, 4.69) is 0 Å². The minimum absolute atomic E-state index is 0.231. The molecule has 0 aliphatic rings. The summed E-state index contributed by atoms with van der Waals surface area (Å²) in [5.41, 5.74) is -4.81. The highest BCUT2D eigenvalue weighted by molar-refractivity contribution is 8.33. The standard InChI is InChI=1S/C32H22ClF3O4S3/c33-30-21-18-25(22-29(30)31(37)23-10-4-1-5-11-23)41-24-16-19-28(20-17-24)42(26-12-6-2-7-13-26,27-14-8-3-9-15-27)40-43(38,39)32(34,35)36/h1-22H. The lowest BCUT2D eigenvalue weighted by atomic mass is 10.0. The van der Waals surface area contributed by atoms with Crippen LogP contribution in [-0.4, -0.2) is 19.7 Å². The first kappa shape index (κ1) is 30.9. The molecular weight excluding hydrogens is 637 g/mol. The van der Waals surface area contributed by atoms with Crippen molar-refractivity contribution in [2.45, 2.75) is 30.0 Å². The van der Waals surface area contributed by atoms with Crippen molar-refractivity contribution in [1.29, 1.82) is 0 Å². The van der Waals surface area contributed by atoms with E-state index in [1.54, 1.807) is 127 Å². The average Bonchev–Trinajstić information content (AvgIpc) is 3.01. The topological polar surface area (TPSA) is 60.4 Å². The molecule has 4 nitrogen and oxygen atoms in total. The first-order valence-corrected chi connectivity index (χ1v) is 16.8. The van der Waals surface area contributed by atoms with Crippen molar-refractivity contribution in [3.63, 3.8) is 0 Å². The molecule has 0 amide bonds. The minimum atomic E-state index is -6.01. The SMILES string of the molecule is O=C(c1ccccc1)c1cc(Sc2ccc(S(OS(=O)(=O)C(F)(F)F)(c3ccccc3)c3ccccc3)cc2)ccc1Cl. The molecule has 5 aromatic carbocycles. The molecule has 220 valence electrons. The third-order valence-electron chi connectivity index (χ3n) is 6.24. The Morgan fingerprint density at radius 3 is 1.63 bits per heavy atom. The number of carbonyl (C=O) groups excluding carboxylic acids is 1. The van der Waals surface area contributed by atoms with Crippen LogP contribution in [0.15, 0.2) is 158 Å². The van der Waals surface area contributed by atoms with Gasteiger partial charge in [-0.1, -0.05) is 90.1 Å². The lowest BCUT2D eigenvalue weighted by Gasteiger charge is -2.39. The maximum absolute atomic E-state index is 13.7. The van der Waals surface area contributed by atoms with E-state index in [-0.39, 0.29) is 20.5 Å². The van der Waals surface area contributed by atoms with Crippen LogP contribution >= 0.6 is 33.7 Å². The zero-order chi connectivity index (χ0) is 30.7. The van der Waals surface area contributed by atoms with Crippen molar-refractivity contribution in [3.8, 4) is 0 Å². The molecule has 0 saturated carbocycles. The molecule has 0 aliphatic heterocycles. The van der Waals surface area contributed by atoms with Crippen LogP contribution < -0.4 is 0 Å². The molecule has 0 unspecified atom stereocenters. The average molecular weight is 659 g/mol. The molecule has 0 fully saturated rings. The van der Waals surface area contributed by atoms with Gasteiger partial charge in [-0.05, 0) is 77.0 Å². The summed E-state index contributed by atoms with van der Waals surface area (Å²) >= 11 is 7.66. The Kier molecular flexibility index (Phi) is 9.05. The number of ketones is 1. The Labute approximate surface area is 258 Å². The highest BCUT2D eigenvalue weighted by Gasteiger charge is 2.52. The van der Waals surface area contributed by atoms with E-state index in [9.17, 15) is 26.4 Å². The molecule has 5 aromatic rings. The molecule has 0 N–H and O–H groups in total. The number of halogens is 4. The van der Waals surface area contributed by atoms with Gasteiger partial charge in [-0.3, -0.25) is 4.79 Å². The fourth-order valence-electron chi connectivity index (χ4n) is 4.25. The smallest absolute Gasteiger partial charge is 0.289 e. The van der Waals surface area contributed by atoms with Crippen LogP contribution in [0.2, 0.25) is 5.02 Å². The lowest BCUT2D eigenvalue weighted by Crippen LogP contribution is -2.27. The van der Waals surface area contributed by atoms with Crippen molar-refractivity contribution in [1.82, 2.24) is 0 Å². The predicted molar refractivity (Wildman–Crippen MR) is 163 cm³/mol. The summed E-state index contributed by atoms with van der Waals surface area (Å²) in [4.78, 5) is 15.2. The van der Waals surface area contributed by atoms with Crippen LogP contribution in [0.4, 0.5) is 13.2 Å². The highest BCUT2D eigenvalue weighted by atomic mass is 35.5. The van der Waals surface area contributed by atoms with Gasteiger partial charge in [0.15, 0.2) is 5.78 Å². The number of carbonyl (C=O) groups is 1. The maximum atomic E-state index is 13.7. The van der Waals surface area contributed by atoms with Gasteiger partial charge in [0.25, 0.3) is 0 Å². The van der Waals surface area contributed by atoms with Gasteiger partial charge in [0.2, 0.25) is 0 Å². The first-order valence-electron chi connectivity index (χ1n) is 12.6. The largest absolute Gasteiger partial charge is 0.524 e. The van der Waals surface area contributed by atoms with Crippen LogP contribution in [0.25, 0.3) is 0 Å². The second-order valence-corrected chi connectivity index (χ2v) is 15.1. The molecule has 11 heteroatoms. The van der Waals surface area contributed by atoms with Crippen molar-refractivity contribution < 1.29 is 30.0 Å². The van der Waals surface area contributed by atoms with Gasteiger partial charge >= 0.3 is 15.6 Å². The number of benzene rings is 5. The second-order valence-electron chi connectivity index (χ2n) is 9.06. The minimum Gasteiger partial charge on any atom is -0.289 e. The van der Waals surface area contributed by atoms with Gasteiger partial charge in [-0.25, -0.2) is 0 Å². The molecule has 5 rings (SSSR count). The van der Waals surface area contributed by atoms with Crippen molar-refractivity contribution in [2.24, 2.45) is 0 Å². The van der Waals surface area contributed by atoms with Gasteiger partial charge < -0.3 is 0 Å². The maximum Gasteiger partial charge on any atom is 0.524 e. The summed E-state index contributed by atoms with van der Waals surface area (Å²) in [5.74, 6) is -0.231. The Hall–Kier alpha value is -3.54. The Morgan fingerprint density at radius 2 is 1.12 bits per heavy atom. The quantitative estimate of drug-likeness (QED) is 0.117. The van der Waals surface area contributed by atoms with Gasteiger partial charge in [-0.15, -0.1) is 0 Å². The van der Waals surface area contributed by atoms with Crippen LogP contribution in [0.3, 0.4) is 0 Å². The summed E-state index contributed by atoms with van der Waals surface area (Å²) in [6.45, 7) is 0. The second kappa shape index (κ2) is 12.6. The normalized spacial score (nSPS) is 12.6. The van der Waals surface area contributed by atoms with Crippen molar-refractivity contribution >= 4 is 49.6 Å². The molecule has 0 saturated heterocycles. The summed E-state index contributed by atoms with van der Waals surface area (Å²) in [5, 5.41) is 0.302. The van der Waals surface area contributed by atoms with Gasteiger partial charge in [0.1, 0.15) is 0 Å². The van der Waals surface area contributed by atoms with Gasteiger partial charge in [-0.2, -0.15) is 25.2 Å². The molecule has 0 heterocycles. The van der Waals surface area contributed by atoms with Crippen LogP contribution in [-0.2, 0) is 13.7 Å². The number of hydrogen-bond donors (Lipinski definition) is 0. The van der Waals surface area contributed by atoms with E-state index in [0.717, 1.165) is 0 Å². The summed E-state index contributed by atoms with van der Waals surface area (Å²) in [6, 6.07) is 36.3. The summed E-state index contributed by atoms with van der Waals surface area (Å²) < 4.78 is 71.5. The molecule has 0 bridgehead atoms. The molecule has 0 aliphatic carbocycles. The van der Waals surface area contributed by atoms with Crippen LogP contribution in [0.5, 0.6) is 0 Å². The Morgan fingerprint density at radius 1 is 0.651 bits per heavy atom. The monoisotopic (exact) mass is 658 g/mol. The number of hydrogen-bond acceptors (Lipinski definition) is 5.